The third-order valence-corrected chi connectivity index (χ3v) is 5.67. The van der Waals surface area contributed by atoms with Crippen LogP contribution in [0.1, 0.15) is 44.1 Å². The van der Waals surface area contributed by atoms with Gasteiger partial charge in [0.25, 0.3) is 0 Å². The molecule has 0 bridgehead atoms. The van der Waals surface area contributed by atoms with E-state index >= 15 is 0 Å². The largest absolute Gasteiger partial charge is 0.385 e. The number of amides is 1. The molecule has 5 N–H and O–H groups in total. The zero-order valence-corrected chi connectivity index (χ0v) is 19.9. The fourth-order valence-corrected chi connectivity index (χ4v) is 3.67. The van der Waals surface area contributed by atoms with Gasteiger partial charge in [-0.25, -0.2) is 4.98 Å². The molecular weight excluding hydrogens is 438 g/mol. The van der Waals surface area contributed by atoms with E-state index in [1.807, 2.05) is 30.3 Å². The van der Waals surface area contributed by atoms with E-state index in [1.54, 1.807) is 24.5 Å². The lowest BCUT2D eigenvalue weighted by atomic mass is 10.1. The van der Waals surface area contributed by atoms with Crippen LogP contribution in [0.5, 0.6) is 0 Å². The van der Waals surface area contributed by atoms with Crippen LogP contribution in [-0.2, 0) is 4.79 Å². The van der Waals surface area contributed by atoms with Gasteiger partial charge in [-0.15, -0.1) is 0 Å². The Morgan fingerprint density at radius 3 is 2.69 bits per heavy atom. The van der Waals surface area contributed by atoms with Gasteiger partial charge < -0.3 is 21.7 Å². The SMILES string of the molecule is Nc1nc(NC2CC2)cc(-c2cccc(NCCCCCCNC(=O)/C=C/c3cccnc3)c2)n1. The topological polar surface area (TPSA) is 118 Å². The Kier molecular flexibility index (Phi) is 8.64. The lowest BCUT2D eigenvalue weighted by Crippen LogP contribution is -2.22. The zero-order chi connectivity index (χ0) is 24.3. The molecule has 1 aliphatic rings. The molecule has 1 saturated carbocycles. The normalized spacial score (nSPS) is 13.0. The summed E-state index contributed by atoms with van der Waals surface area (Å²) < 4.78 is 0. The molecule has 4 rings (SSSR count). The summed E-state index contributed by atoms with van der Waals surface area (Å²) in [4.78, 5) is 24.6. The Bertz CT molecular complexity index is 1130. The molecule has 2 heterocycles. The highest BCUT2D eigenvalue weighted by Gasteiger charge is 2.21. The average molecular weight is 472 g/mol. The van der Waals surface area contributed by atoms with E-state index in [9.17, 15) is 4.79 Å². The standard InChI is InChI=1S/C27H33N7O/c28-27-33-24(18-25(34-27)32-22-11-12-22)21-8-5-9-23(17-21)30-15-3-1-2-4-16-31-26(35)13-10-20-7-6-14-29-19-20/h5-10,13-14,17-19,22,30H,1-4,11-12,15-16H2,(H,31,35)(H3,28,32,33,34)/b13-10+. The Morgan fingerprint density at radius 1 is 1.03 bits per heavy atom. The molecule has 1 aromatic carbocycles. The van der Waals surface area contributed by atoms with Crippen LogP contribution < -0.4 is 21.7 Å². The Labute approximate surface area is 206 Å². The summed E-state index contributed by atoms with van der Waals surface area (Å²) in [6, 6.07) is 14.4. The lowest BCUT2D eigenvalue weighted by molar-refractivity contribution is -0.116. The molecule has 35 heavy (non-hydrogen) atoms. The minimum atomic E-state index is -0.0729. The Hall–Kier alpha value is -3.94. The molecule has 182 valence electrons. The number of nitrogens with one attached hydrogen (secondary N) is 3. The summed E-state index contributed by atoms with van der Waals surface area (Å²) in [5.74, 6) is 0.995. The second-order valence-corrected chi connectivity index (χ2v) is 8.75. The molecule has 0 radical (unpaired) electrons. The van der Waals surface area contributed by atoms with E-state index < -0.39 is 0 Å². The van der Waals surface area contributed by atoms with E-state index in [0.717, 1.165) is 60.6 Å². The summed E-state index contributed by atoms with van der Waals surface area (Å²) in [6.45, 7) is 1.58. The number of carbonyl (C=O) groups excluding carboxylic acids is 1. The van der Waals surface area contributed by atoms with E-state index in [0.29, 0.717) is 12.6 Å². The first-order valence-electron chi connectivity index (χ1n) is 12.3. The summed E-state index contributed by atoms with van der Waals surface area (Å²) in [6.07, 6.45) is 13.3. The predicted molar refractivity (Wildman–Crippen MR) is 142 cm³/mol. The second kappa shape index (κ2) is 12.5. The quantitative estimate of drug-likeness (QED) is 0.214. The van der Waals surface area contributed by atoms with E-state index in [-0.39, 0.29) is 11.9 Å². The summed E-state index contributed by atoms with van der Waals surface area (Å²) in [5.41, 5.74) is 9.73. The van der Waals surface area contributed by atoms with Crippen LogP contribution in [0.15, 0.2) is 60.9 Å². The van der Waals surface area contributed by atoms with Crippen LogP contribution in [-0.4, -0.2) is 40.0 Å². The van der Waals surface area contributed by atoms with Gasteiger partial charge in [0, 0.05) is 54.9 Å². The number of unbranched alkanes of at least 4 members (excludes halogenated alkanes) is 3. The van der Waals surface area contributed by atoms with E-state index in [1.165, 1.54) is 12.8 Å². The Morgan fingerprint density at radius 2 is 1.89 bits per heavy atom. The molecule has 3 aromatic rings. The highest BCUT2D eigenvalue weighted by Crippen LogP contribution is 2.27. The molecule has 1 aliphatic carbocycles. The van der Waals surface area contributed by atoms with Crippen molar-refractivity contribution in [2.75, 3.05) is 29.5 Å². The third kappa shape index (κ3) is 8.41. The predicted octanol–water partition coefficient (Wildman–Crippen LogP) is 4.50. The van der Waals surface area contributed by atoms with Crippen molar-refractivity contribution in [2.24, 2.45) is 0 Å². The molecule has 1 fully saturated rings. The van der Waals surface area contributed by atoms with Crippen LogP contribution in [0.3, 0.4) is 0 Å². The fourth-order valence-electron chi connectivity index (χ4n) is 3.67. The number of aromatic nitrogens is 3. The average Bonchev–Trinajstić information content (AvgIpc) is 3.69. The number of hydrogen-bond donors (Lipinski definition) is 4. The molecule has 0 saturated heterocycles. The van der Waals surface area contributed by atoms with Crippen molar-refractivity contribution in [1.82, 2.24) is 20.3 Å². The third-order valence-electron chi connectivity index (χ3n) is 5.67. The van der Waals surface area contributed by atoms with Gasteiger partial charge in [-0.1, -0.05) is 31.0 Å². The minimum Gasteiger partial charge on any atom is -0.385 e. The summed E-state index contributed by atoms with van der Waals surface area (Å²) >= 11 is 0. The highest BCUT2D eigenvalue weighted by molar-refractivity contribution is 5.91. The van der Waals surface area contributed by atoms with Gasteiger partial charge >= 0.3 is 0 Å². The van der Waals surface area contributed by atoms with Crippen molar-refractivity contribution < 1.29 is 4.79 Å². The van der Waals surface area contributed by atoms with Crippen molar-refractivity contribution in [1.29, 1.82) is 0 Å². The van der Waals surface area contributed by atoms with Crippen LogP contribution in [0, 0.1) is 0 Å². The number of pyridine rings is 1. The molecule has 0 aliphatic heterocycles. The van der Waals surface area contributed by atoms with Crippen molar-refractivity contribution in [3.05, 3.63) is 66.5 Å². The number of nitrogens with two attached hydrogens (primary N) is 1. The first kappa shape index (κ1) is 24.2. The number of nitrogens with zero attached hydrogens (tertiary/aromatic N) is 3. The first-order valence-corrected chi connectivity index (χ1v) is 12.3. The number of benzene rings is 1. The van der Waals surface area contributed by atoms with Crippen LogP contribution in [0.25, 0.3) is 17.3 Å². The Balaban J connectivity index is 1.12. The van der Waals surface area contributed by atoms with Gasteiger partial charge in [0.2, 0.25) is 11.9 Å². The van der Waals surface area contributed by atoms with Crippen molar-refractivity contribution in [3.8, 4) is 11.3 Å². The molecule has 0 atom stereocenters. The van der Waals surface area contributed by atoms with E-state index in [2.05, 4.69) is 43.0 Å². The monoisotopic (exact) mass is 471 g/mol. The highest BCUT2D eigenvalue weighted by atomic mass is 16.1. The summed E-state index contributed by atoms with van der Waals surface area (Å²) in [5, 5.41) is 9.81. The van der Waals surface area contributed by atoms with E-state index in [4.69, 9.17) is 5.73 Å². The maximum atomic E-state index is 11.9. The molecule has 2 aromatic heterocycles. The van der Waals surface area contributed by atoms with Crippen molar-refractivity contribution >= 4 is 29.4 Å². The first-order chi connectivity index (χ1) is 17.2. The maximum absolute atomic E-state index is 11.9. The molecular formula is C27H33N7O. The van der Waals surface area contributed by atoms with Gasteiger partial charge in [-0.3, -0.25) is 9.78 Å². The van der Waals surface area contributed by atoms with Gasteiger partial charge in [0.05, 0.1) is 5.69 Å². The number of carbonyl (C=O) groups is 1. The van der Waals surface area contributed by atoms with Crippen molar-refractivity contribution in [3.63, 3.8) is 0 Å². The number of anilines is 3. The number of rotatable bonds is 13. The maximum Gasteiger partial charge on any atom is 0.243 e. The van der Waals surface area contributed by atoms with Crippen molar-refractivity contribution in [2.45, 2.75) is 44.6 Å². The van der Waals surface area contributed by atoms with Gasteiger partial charge in [-0.05, 0) is 55.5 Å². The molecule has 1 amide bonds. The molecule has 0 unspecified atom stereocenters. The molecule has 8 nitrogen and oxygen atoms in total. The molecule has 0 spiro atoms. The van der Waals surface area contributed by atoms with Gasteiger partial charge in [-0.2, -0.15) is 4.98 Å². The lowest BCUT2D eigenvalue weighted by Gasteiger charge is -2.10. The summed E-state index contributed by atoms with van der Waals surface area (Å²) in [7, 11) is 0. The second-order valence-electron chi connectivity index (χ2n) is 8.75. The smallest absolute Gasteiger partial charge is 0.243 e. The minimum absolute atomic E-state index is 0.0729. The van der Waals surface area contributed by atoms with Crippen LogP contribution >= 0.6 is 0 Å². The zero-order valence-electron chi connectivity index (χ0n) is 19.9. The van der Waals surface area contributed by atoms with Gasteiger partial charge in [0.15, 0.2) is 0 Å². The molecule has 8 heteroatoms. The number of hydrogen-bond acceptors (Lipinski definition) is 7. The number of nitrogen functional groups attached to an aromatic ring is 1. The van der Waals surface area contributed by atoms with Crippen LogP contribution in [0.4, 0.5) is 17.5 Å². The van der Waals surface area contributed by atoms with Gasteiger partial charge in [0.1, 0.15) is 5.82 Å². The van der Waals surface area contributed by atoms with Crippen LogP contribution in [0.2, 0.25) is 0 Å². The fraction of sp³-hybridized carbons (Fsp3) is 0.333.